The lowest BCUT2D eigenvalue weighted by Gasteiger charge is -2.24. The van der Waals surface area contributed by atoms with Crippen LogP contribution in [-0.4, -0.2) is 29.0 Å². The predicted molar refractivity (Wildman–Crippen MR) is 73.3 cm³/mol. The third-order valence-electron chi connectivity index (χ3n) is 3.13. The van der Waals surface area contributed by atoms with Gasteiger partial charge in [-0.15, -0.1) is 6.58 Å². The molecule has 1 rings (SSSR count). The van der Waals surface area contributed by atoms with Crippen molar-refractivity contribution in [2.24, 2.45) is 5.92 Å². The zero-order valence-electron chi connectivity index (χ0n) is 11.2. The molecular formula is C15H18N2O2. The Morgan fingerprint density at radius 1 is 1.53 bits per heavy atom. The zero-order valence-corrected chi connectivity index (χ0v) is 11.2. The van der Waals surface area contributed by atoms with E-state index in [-0.39, 0.29) is 17.7 Å². The summed E-state index contributed by atoms with van der Waals surface area (Å²) < 4.78 is 0. The van der Waals surface area contributed by atoms with Crippen molar-refractivity contribution in [3.05, 3.63) is 42.5 Å². The molecule has 0 fully saturated rings. The Morgan fingerprint density at radius 3 is 2.58 bits per heavy atom. The number of likely N-dealkylation sites (N-methyl/N-ethyl adjacent to an activating group) is 1. The van der Waals surface area contributed by atoms with Crippen LogP contribution in [0.3, 0.4) is 0 Å². The maximum Gasteiger partial charge on any atom is 0.240 e. The molecule has 4 heteroatoms. The molecule has 0 radical (unpaired) electrons. The number of hydrogen-bond acceptors (Lipinski definition) is 3. The maximum atomic E-state index is 12.2. The van der Waals surface area contributed by atoms with Gasteiger partial charge in [-0.3, -0.25) is 4.79 Å². The topological polar surface area (TPSA) is 64.3 Å². The molecule has 1 aromatic carbocycles. The van der Waals surface area contributed by atoms with Gasteiger partial charge in [-0.25, -0.2) is 0 Å². The molecule has 0 aromatic heterocycles. The van der Waals surface area contributed by atoms with Gasteiger partial charge in [0, 0.05) is 13.1 Å². The van der Waals surface area contributed by atoms with Gasteiger partial charge in [0.2, 0.25) is 5.91 Å². The van der Waals surface area contributed by atoms with E-state index in [2.05, 4.69) is 6.58 Å². The third-order valence-corrected chi connectivity index (χ3v) is 3.13. The highest BCUT2D eigenvalue weighted by Gasteiger charge is 2.24. The van der Waals surface area contributed by atoms with Crippen LogP contribution in [-0.2, 0) is 11.2 Å². The number of nitrogens with zero attached hydrogens (tertiary/aromatic N) is 2. The monoisotopic (exact) mass is 258 g/mol. The maximum absolute atomic E-state index is 12.2. The lowest BCUT2D eigenvalue weighted by Crippen LogP contribution is -2.38. The van der Waals surface area contributed by atoms with Crippen LogP contribution in [0.5, 0.6) is 5.75 Å². The summed E-state index contributed by atoms with van der Waals surface area (Å²) >= 11 is 0. The normalized spacial score (nSPS) is 13.1. The van der Waals surface area contributed by atoms with E-state index < -0.39 is 5.92 Å². The highest BCUT2D eigenvalue weighted by molar-refractivity contribution is 5.81. The standard InChI is InChI=1S/C15H18N2O2/c1-4-11(2)17(3)15(19)13(10-16)9-12-5-7-14(18)8-6-12/h4-8,11,13,18H,1,9H2,2-3H3/t11-,13?/m1/s1. The first kappa shape index (κ1) is 14.8. The average Bonchev–Trinajstić information content (AvgIpc) is 2.44. The molecule has 0 aliphatic rings. The van der Waals surface area contributed by atoms with E-state index in [1.54, 1.807) is 37.4 Å². The van der Waals surface area contributed by atoms with Gasteiger partial charge in [0.05, 0.1) is 6.07 Å². The Balaban J connectivity index is 2.79. The van der Waals surface area contributed by atoms with Crippen LogP contribution in [0, 0.1) is 17.2 Å². The van der Waals surface area contributed by atoms with Crippen molar-refractivity contribution in [2.75, 3.05) is 7.05 Å². The molecule has 1 amide bonds. The number of benzene rings is 1. The second-order valence-corrected chi connectivity index (χ2v) is 4.48. The number of rotatable bonds is 5. The van der Waals surface area contributed by atoms with E-state index in [9.17, 15) is 9.90 Å². The van der Waals surface area contributed by atoms with Crippen molar-refractivity contribution in [3.63, 3.8) is 0 Å². The molecule has 4 nitrogen and oxygen atoms in total. The second kappa shape index (κ2) is 6.60. The molecular weight excluding hydrogens is 240 g/mol. The third kappa shape index (κ3) is 3.85. The van der Waals surface area contributed by atoms with Crippen LogP contribution in [0.1, 0.15) is 12.5 Å². The highest BCUT2D eigenvalue weighted by Crippen LogP contribution is 2.15. The minimum absolute atomic E-state index is 0.108. The van der Waals surface area contributed by atoms with E-state index in [1.807, 2.05) is 13.0 Å². The molecule has 0 saturated heterocycles. The van der Waals surface area contributed by atoms with Crippen molar-refractivity contribution < 1.29 is 9.90 Å². The van der Waals surface area contributed by atoms with Crippen LogP contribution in [0.4, 0.5) is 0 Å². The summed E-state index contributed by atoms with van der Waals surface area (Å²) in [6.07, 6.45) is 2.00. The Bertz CT molecular complexity index is 488. The molecule has 0 bridgehead atoms. The molecule has 19 heavy (non-hydrogen) atoms. The first-order chi connectivity index (χ1) is 8.99. The lowest BCUT2D eigenvalue weighted by molar-refractivity contribution is -0.133. The van der Waals surface area contributed by atoms with Crippen molar-refractivity contribution in [2.45, 2.75) is 19.4 Å². The van der Waals surface area contributed by atoms with Crippen LogP contribution >= 0.6 is 0 Å². The summed E-state index contributed by atoms with van der Waals surface area (Å²) in [6.45, 7) is 5.49. The molecule has 2 atom stereocenters. The fourth-order valence-corrected chi connectivity index (χ4v) is 1.66. The smallest absolute Gasteiger partial charge is 0.240 e. The number of phenols is 1. The minimum atomic E-state index is -0.725. The number of hydrogen-bond donors (Lipinski definition) is 1. The Kier molecular flexibility index (Phi) is 5.13. The summed E-state index contributed by atoms with van der Waals surface area (Å²) in [5.41, 5.74) is 0.845. The van der Waals surface area contributed by atoms with Crippen LogP contribution in [0.15, 0.2) is 36.9 Å². The summed E-state index contributed by atoms with van der Waals surface area (Å²) in [5, 5.41) is 18.3. The number of carbonyl (C=O) groups is 1. The Hall–Kier alpha value is -2.28. The van der Waals surface area contributed by atoms with Gasteiger partial charge in [0.1, 0.15) is 11.7 Å². The van der Waals surface area contributed by atoms with Gasteiger partial charge in [-0.2, -0.15) is 5.26 Å². The Morgan fingerprint density at radius 2 is 2.11 bits per heavy atom. The van der Waals surface area contributed by atoms with Crippen LogP contribution < -0.4 is 0 Å². The van der Waals surface area contributed by atoms with Gasteiger partial charge < -0.3 is 10.0 Å². The average molecular weight is 258 g/mol. The lowest BCUT2D eigenvalue weighted by atomic mass is 9.99. The quantitative estimate of drug-likeness (QED) is 0.823. The molecule has 1 unspecified atom stereocenters. The SMILES string of the molecule is C=C[C@@H](C)N(C)C(=O)C(C#N)Cc1ccc(O)cc1. The van der Waals surface area contributed by atoms with Gasteiger partial charge in [0.25, 0.3) is 0 Å². The number of phenolic OH excluding ortho intramolecular Hbond substituents is 1. The first-order valence-corrected chi connectivity index (χ1v) is 6.06. The van der Waals surface area contributed by atoms with Gasteiger partial charge in [-0.05, 0) is 31.0 Å². The van der Waals surface area contributed by atoms with E-state index in [1.165, 1.54) is 4.90 Å². The second-order valence-electron chi connectivity index (χ2n) is 4.48. The van der Waals surface area contributed by atoms with Crippen molar-refractivity contribution in [1.29, 1.82) is 5.26 Å². The van der Waals surface area contributed by atoms with E-state index in [0.29, 0.717) is 6.42 Å². The summed E-state index contributed by atoms with van der Waals surface area (Å²) in [7, 11) is 1.66. The molecule has 0 heterocycles. The Labute approximate surface area is 113 Å². The van der Waals surface area contributed by atoms with Gasteiger partial charge >= 0.3 is 0 Å². The zero-order chi connectivity index (χ0) is 14.4. The number of carbonyl (C=O) groups excluding carboxylic acids is 1. The minimum Gasteiger partial charge on any atom is -0.508 e. The fourth-order valence-electron chi connectivity index (χ4n) is 1.66. The summed E-state index contributed by atoms with van der Waals surface area (Å²) in [6, 6.07) is 8.44. The van der Waals surface area contributed by atoms with E-state index in [4.69, 9.17) is 5.26 Å². The van der Waals surface area contributed by atoms with Crippen LogP contribution in [0.2, 0.25) is 0 Å². The number of amides is 1. The molecule has 1 aromatic rings. The molecule has 0 spiro atoms. The highest BCUT2D eigenvalue weighted by atomic mass is 16.3. The van der Waals surface area contributed by atoms with Crippen LogP contribution in [0.25, 0.3) is 0 Å². The molecule has 0 aliphatic heterocycles. The van der Waals surface area contributed by atoms with Gasteiger partial charge in [0.15, 0.2) is 0 Å². The van der Waals surface area contributed by atoms with Gasteiger partial charge in [-0.1, -0.05) is 18.2 Å². The van der Waals surface area contributed by atoms with Crippen molar-refractivity contribution in [1.82, 2.24) is 4.90 Å². The summed E-state index contributed by atoms with van der Waals surface area (Å²) in [5.74, 6) is -0.777. The summed E-state index contributed by atoms with van der Waals surface area (Å²) in [4.78, 5) is 13.7. The largest absolute Gasteiger partial charge is 0.508 e. The molecule has 1 N–H and O–H groups in total. The predicted octanol–water partition coefficient (Wildman–Crippen LogP) is 2.11. The number of nitriles is 1. The van der Waals surface area contributed by atoms with E-state index >= 15 is 0 Å². The molecule has 0 aliphatic carbocycles. The van der Waals surface area contributed by atoms with Crippen molar-refractivity contribution >= 4 is 5.91 Å². The first-order valence-electron chi connectivity index (χ1n) is 6.06. The molecule has 0 saturated carbocycles. The van der Waals surface area contributed by atoms with Crippen molar-refractivity contribution in [3.8, 4) is 11.8 Å². The number of aromatic hydroxyl groups is 1. The molecule has 100 valence electrons. The fraction of sp³-hybridized carbons (Fsp3) is 0.333. The van der Waals surface area contributed by atoms with E-state index in [0.717, 1.165) is 5.56 Å².